The maximum atomic E-state index is 12.6. The van der Waals surface area contributed by atoms with Gasteiger partial charge in [-0.3, -0.25) is 20.2 Å². The van der Waals surface area contributed by atoms with Crippen molar-refractivity contribution in [2.75, 3.05) is 10.6 Å². The smallest absolute Gasteiger partial charge is 0.258 e. The molecule has 0 spiro atoms. The highest BCUT2D eigenvalue weighted by Crippen LogP contribution is 2.18. The van der Waals surface area contributed by atoms with Gasteiger partial charge in [-0.1, -0.05) is 18.2 Å². The summed E-state index contributed by atoms with van der Waals surface area (Å²) < 4.78 is 1.35. The topological polar surface area (TPSA) is 155 Å². The first-order chi connectivity index (χ1) is 15.0. The summed E-state index contributed by atoms with van der Waals surface area (Å²) in [6.07, 6.45) is 2.58. The molecule has 4 aromatic rings. The number of amides is 2. The molecule has 11 heteroatoms. The number of anilines is 2. The molecule has 2 amide bonds. The van der Waals surface area contributed by atoms with Gasteiger partial charge < -0.3 is 10.2 Å². The highest BCUT2D eigenvalue weighted by molar-refractivity contribution is 6.05. The number of aromatic hydroxyl groups is 2. The van der Waals surface area contributed by atoms with Crippen LogP contribution in [-0.4, -0.2) is 46.8 Å². The first-order valence-electron chi connectivity index (χ1n) is 8.95. The van der Waals surface area contributed by atoms with Gasteiger partial charge in [0.25, 0.3) is 17.8 Å². The highest BCUT2D eigenvalue weighted by Gasteiger charge is 2.18. The van der Waals surface area contributed by atoms with Crippen LogP contribution in [0.2, 0.25) is 0 Å². The van der Waals surface area contributed by atoms with Crippen molar-refractivity contribution in [2.45, 2.75) is 0 Å². The Balaban J connectivity index is 1.64. The summed E-state index contributed by atoms with van der Waals surface area (Å²) in [7, 11) is 0. The van der Waals surface area contributed by atoms with E-state index in [0.717, 1.165) is 0 Å². The number of aromatic nitrogens is 5. The molecule has 4 N–H and O–H groups in total. The van der Waals surface area contributed by atoms with Gasteiger partial charge in [-0.15, -0.1) is 5.10 Å². The molecule has 0 bridgehead atoms. The van der Waals surface area contributed by atoms with Crippen LogP contribution in [0.5, 0.6) is 11.8 Å². The second kappa shape index (κ2) is 8.29. The summed E-state index contributed by atoms with van der Waals surface area (Å²) >= 11 is 0. The van der Waals surface area contributed by atoms with Gasteiger partial charge in [0.15, 0.2) is 0 Å². The van der Waals surface area contributed by atoms with E-state index in [4.69, 9.17) is 0 Å². The SMILES string of the molecule is O=C(Nc1nc(NC(=O)c2ccnc(O)c2)n(-c2ccccc2)n1)c1ccnc(O)c1. The fraction of sp³-hybridized carbons (Fsp3) is 0. The van der Waals surface area contributed by atoms with Gasteiger partial charge in [-0.25, -0.2) is 9.97 Å². The minimum atomic E-state index is -0.570. The monoisotopic (exact) mass is 417 g/mol. The molecule has 0 saturated heterocycles. The average Bonchev–Trinajstić information content (AvgIpc) is 3.16. The summed E-state index contributed by atoms with van der Waals surface area (Å²) in [6.45, 7) is 0. The van der Waals surface area contributed by atoms with E-state index in [2.05, 4.69) is 30.7 Å². The molecule has 154 valence electrons. The van der Waals surface area contributed by atoms with Crippen LogP contribution in [0.25, 0.3) is 5.69 Å². The van der Waals surface area contributed by atoms with Gasteiger partial charge in [-0.2, -0.15) is 9.67 Å². The van der Waals surface area contributed by atoms with Crippen molar-refractivity contribution in [3.63, 3.8) is 0 Å². The predicted octanol–water partition coefficient (Wildman–Crippen LogP) is 1.97. The number of hydrogen-bond donors (Lipinski definition) is 4. The Kier molecular flexibility index (Phi) is 5.22. The largest absolute Gasteiger partial charge is 0.493 e. The predicted molar refractivity (Wildman–Crippen MR) is 109 cm³/mol. The van der Waals surface area contributed by atoms with Crippen LogP contribution in [0.4, 0.5) is 11.9 Å². The second-order valence-electron chi connectivity index (χ2n) is 6.22. The highest BCUT2D eigenvalue weighted by atomic mass is 16.3. The van der Waals surface area contributed by atoms with Gasteiger partial charge in [0.1, 0.15) is 0 Å². The number of nitrogens with one attached hydrogen (secondary N) is 2. The first-order valence-corrected chi connectivity index (χ1v) is 8.95. The summed E-state index contributed by atoms with van der Waals surface area (Å²) in [5.41, 5.74) is 0.902. The van der Waals surface area contributed by atoms with Crippen LogP contribution in [0.15, 0.2) is 67.0 Å². The molecule has 0 aliphatic heterocycles. The number of para-hydroxylation sites is 1. The lowest BCUT2D eigenvalue weighted by atomic mass is 10.2. The zero-order valence-corrected chi connectivity index (χ0v) is 15.8. The summed E-state index contributed by atoms with van der Waals surface area (Å²) in [5, 5.41) is 28.3. The quantitative estimate of drug-likeness (QED) is 0.384. The number of carbonyl (C=O) groups excluding carboxylic acids is 2. The van der Waals surface area contributed by atoms with Gasteiger partial charge >= 0.3 is 0 Å². The minimum absolute atomic E-state index is 0.0420. The molecule has 0 aliphatic rings. The zero-order valence-electron chi connectivity index (χ0n) is 15.8. The number of carbonyl (C=O) groups is 2. The van der Waals surface area contributed by atoms with Crippen molar-refractivity contribution in [1.82, 2.24) is 24.7 Å². The van der Waals surface area contributed by atoms with E-state index >= 15 is 0 Å². The maximum absolute atomic E-state index is 12.6. The third-order valence-electron chi connectivity index (χ3n) is 4.07. The van der Waals surface area contributed by atoms with Crippen LogP contribution < -0.4 is 10.6 Å². The number of hydrogen-bond acceptors (Lipinski definition) is 8. The van der Waals surface area contributed by atoms with E-state index in [1.807, 2.05) is 6.07 Å². The Morgan fingerprint density at radius 3 is 1.97 bits per heavy atom. The molecule has 0 saturated carbocycles. The van der Waals surface area contributed by atoms with E-state index in [1.165, 1.54) is 41.3 Å². The van der Waals surface area contributed by atoms with Crippen molar-refractivity contribution in [1.29, 1.82) is 0 Å². The van der Waals surface area contributed by atoms with Gasteiger partial charge in [0.05, 0.1) is 5.69 Å². The Labute approximate surface area is 175 Å². The summed E-state index contributed by atoms with van der Waals surface area (Å²) in [5.74, 6) is -1.76. The molecule has 31 heavy (non-hydrogen) atoms. The van der Waals surface area contributed by atoms with Crippen LogP contribution in [0.3, 0.4) is 0 Å². The summed E-state index contributed by atoms with van der Waals surface area (Å²) in [4.78, 5) is 36.5. The molecular formula is C20H15N7O4. The van der Waals surface area contributed by atoms with Crippen molar-refractivity contribution in [3.8, 4) is 17.4 Å². The van der Waals surface area contributed by atoms with Crippen LogP contribution >= 0.6 is 0 Å². The Hall–Kier alpha value is -4.80. The molecule has 0 fully saturated rings. The standard InChI is InChI=1S/C20H15N7O4/c28-15-10-12(6-8-21-15)17(30)23-19-25-20(27(26-19)14-4-2-1-3-5-14)24-18(31)13-7-9-22-16(29)11-13/h1-11H,(H,21,28)(H,22,29)(H2,23,24,25,26,30,31). The van der Waals surface area contributed by atoms with Crippen molar-refractivity contribution in [2.24, 2.45) is 0 Å². The number of benzene rings is 1. The molecule has 0 unspecified atom stereocenters. The average molecular weight is 417 g/mol. The van der Waals surface area contributed by atoms with E-state index in [0.29, 0.717) is 5.69 Å². The van der Waals surface area contributed by atoms with Crippen LogP contribution in [0, 0.1) is 0 Å². The number of pyridine rings is 2. The van der Waals surface area contributed by atoms with Gasteiger partial charge in [-0.05, 0) is 24.3 Å². The lowest BCUT2D eigenvalue weighted by molar-refractivity contribution is 0.101. The third kappa shape index (κ3) is 4.45. The van der Waals surface area contributed by atoms with Crippen molar-refractivity contribution < 1.29 is 19.8 Å². The Morgan fingerprint density at radius 1 is 0.806 bits per heavy atom. The van der Waals surface area contributed by atoms with E-state index in [-0.39, 0.29) is 34.8 Å². The summed E-state index contributed by atoms with van der Waals surface area (Å²) in [6, 6.07) is 14.1. The van der Waals surface area contributed by atoms with Crippen LogP contribution in [0.1, 0.15) is 20.7 Å². The maximum Gasteiger partial charge on any atom is 0.258 e. The Bertz CT molecular complexity index is 1260. The van der Waals surface area contributed by atoms with Crippen LogP contribution in [-0.2, 0) is 0 Å². The molecular weight excluding hydrogens is 402 g/mol. The third-order valence-corrected chi connectivity index (χ3v) is 4.07. The lowest BCUT2D eigenvalue weighted by Gasteiger charge is -2.07. The van der Waals surface area contributed by atoms with E-state index in [1.54, 1.807) is 24.3 Å². The second-order valence-corrected chi connectivity index (χ2v) is 6.22. The minimum Gasteiger partial charge on any atom is -0.493 e. The van der Waals surface area contributed by atoms with E-state index < -0.39 is 11.8 Å². The number of nitrogens with zero attached hydrogens (tertiary/aromatic N) is 5. The molecule has 3 heterocycles. The molecule has 0 aliphatic carbocycles. The molecule has 1 aromatic carbocycles. The molecule has 3 aromatic heterocycles. The Morgan fingerprint density at radius 2 is 1.39 bits per heavy atom. The zero-order chi connectivity index (χ0) is 21.8. The van der Waals surface area contributed by atoms with Crippen molar-refractivity contribution in [3.05, 3.63) is 78.1 Å². The lowest BCUT2D eigenvalue weighted by Crippen LogP contribution is -2.16. The molecule has 4 rings (SSSR count). The van der Waals surface area contributed by atoms with Gasteiger partial charge in [0.2, 0.25) is 17.7 Å². The fourth-order valence-electron chi connectivity index (χ4n) is 2.66. The molecule has 11 nitrogen and oxygen atoms in total. The van der Waals surface area contributed by atoms with Crippen molar-refractivity contribution >= 4 is 23.7 Å². The van der Waals surface area contributed by atoms with Gasteiger partial charge in [0, 0.05) is 35.7 Å². The normalized spacial score (nSPS) is 10.5. The number of rotatable bonds is 5. The molecule has 0 atom stereocenters. The first kappa shape index (κ1) is 19.5. The van der Waals surface area contributed by atoms with E-state index in [9.17, 15) is 19.8 Å². The molecule has 0 radical (unpaired) electrons. The fourth-order valence-corrected chi connectivity index (χ4v) is 2.66.